The molecule has 0 radical (unpaired) electrons. The Kier molecular flexibility index (Phi) is 5.19. The Morgan fingerprint density at radius 3 is 2.32 bits per heavy atom. The van der Waals surface area contributed by atoms with Gasteiger partial charge in [0.2, 0.25) is 0 Å². The van der Waals surface area contributed by atoms with Gasteiger partial charge >= 0.3 is 5.97 Å². The molecular weight excluding hydrogens is 282 g/mol. The standard InChI is InChI=1S/C17H23NO4/c1-3-22-17(10-4-5-11-17)16(21)18(2)12-13-6-8-14(9-7-13)15(19)20/h6-9H,3-5,10-12H2,1-2H3,(H,19,20). The lowest BCUT2D eigenvalue weighted by molar-refractivity contribution is -0.156. The van der Waals surface area contributed by atoms with Crippen LogP contribution in [0, 0.1) is 0 Å². The maximum Gasteiger partial charge on any atom is 0.335 e. The zero-order chi connectivity index (χ0) is 16.2. The van der Waals surface area contributed by atoms with E-state index in [1.165, 1.54) is 0 Å². The van der Waals surface area contributed by atoms with E-state index in [4.69, 9.17) is 9.84 Å². The smallest absolute Gasteiger partial charge is 0.335 e. The molecule has 1 aromatic rings. The summed E-state index contributed by atoms with van der Waals surface area (Å²) in [4.78, 5) is 25.3. The minimum Gasteiger partial charge on any atom is -0.478 e. The van der Waals surface area contributed by atoms with E-state index in [0.717, 1.165) is 31.2 Å². The van der Waals surface area contributed by atoms with Crippen LogP contribution in [-0.2, 0) is 16.1 Å². The Morgan fingerprint density at radius 1 is 1.23 bits per heavy atom. The Morgan fingerprint density at radius 2 is 1.82 bits per heavy atom. The molecule has 0 aromatic heterocycles. The first kappa shape index (κ1) is 16.5. The average molecular weight is 305 g/mol. The van der Waals surface area contributed by atoms with Crippen molar-refractivity contribution in [3.8, 4) is 0 Å². The number of amides is 1. The summed E-state index contributed by atoms with van der Waals surface area (Å²) in [5, 5.41) is 8.90. The number of carbonyl (C=O) groups excluding carboxylic acids is 1. The second-order valence-electron chi connectivity index (χ2n) is 5.80. The van der Waals surface area contributed by atoms with Gasteiger partial charge in [-0.1, -0.05) is 12.1 Å². The molecule has 1 saturated carbocycles. The Bertz CT molecular complexity index is 532. The molecule has 1 N–H and O–H groups in total. The molecule has 0 unspecified atom stereocenters. The van der Waals surface area contributed by atoms with E-state index in [9.17, 15) is 9.59 Å². The fourth-order valence-corrected chi connectivity index (χ4v) is 3.09. The van der Waals surface area contributed by atoms with Crippen LogP contribution >= 0.6 is 0 Å². The summed E-state index contributed by atoms with van der Waals surface area (Å²) in [5.74, 6) is -0.925. The predicted molar refractivity (Wildman–Crippen MR) is 82.7 cm³/mol. The van der Waals surface area contributed by atoms with Gasteiger partial charge in [0, 0.05) is 20.2 Å². The first-order chi connectivity index (χ1) is 10.5. The predicted octanol–water partition coefficient (Wildman–Crippen LogP) is 2.69. The number of aromatic carboxylic acids is 1. The van der Waals surface area contributed by atoms with Crippen molar-refractivity contribution >= 4 is 11.9 Å². The van der Waals surface area contributed by atoms with Crippen molar-refractivity contribution in [2.45, 2.75) is 44.8 Å². The van der Waals surface area contributed by atoms with Crippen molar-refractivity contribution in [3.05, 3.63) is 35.4 Å². The highest BCUT2D eigenvalue weighted by molar-refractivity contribution is 5.87. The largest absolute Gasteiger partial charge is 0.478 e. The molecule has 0 saturated heterocycles. The minimum atomic E-state index is -0.947. The molecule has 5 nitrogen and oxygen atoms in total. The number of hydrogen-bond donors (Lipinski definition) is 1. The van der Waals surface area contributed by atoms with Gasteiger partial charge in [-0.05, 0) is 50.3 Å². The summed E-state index contributed by atoms with van der Waals surface area (Å²) >= 11 is 0. The molecule has 22 heavy (non-hydrogen) atoms. The van der Waals surface area contributed by atoms with Gasteiger partial charge in [-0.25, -0.2) is 4.79 Å². The van der Waals surface area contributed by atoms with Crippen molar-refractivity contribution in [3.63, 3.8) is 0 Å². The van der Waals surface area contributed by atoms with Crippen LogP contribution in [0.2, 0.25) is 0 Å². The number of carbonyl (C=O) groups is 2. The maximum atomic E-state index is 12.7. The van der Waals surface area contributed by atoms with Crippen LogP contribution in [0.5, 0.6) is 0 Å². The molecule has 2 rings (SSSR count). The highest BCUT2D eigenvalue weighted by Gasteiger charge is 2.43. The first-order valence-corrected chi connectivity index (χ1v) is 7.70. The van der Waals surface area contributed by atoms with E-state index in [1.807, 2.05) is 6.92 Å². The van der Waals surface area contributed by atoms with Crippen LogP contribution in [0.25, 0.3) is 0 Å². The van der Waals surface area contributed by atoms with Gasteiger partial charge in [0.1, 0.15) is 5.60 Å². The van der Waals surface area contributed by atoms with Gasteiger partial charge in [0.25, 0.3) is 5.91 Å². The van der Waals surface area contributed by atoms with Crippen LogP contribution in [0.15, 0.2) is 24.3 Å². The van der Waals surface area contributed by atoms with Crippen LogP contribution in [0.4, 0.5) is 0 Å². The number of hydrogen-bond acceptors (Lipinski definition) is 3. The normalized spacial score (nSPS) is 16.5. The third-order valence-corrected chi connectivity index (χ3v) is 4.19. The molecule has 0 heterocycles. The van der Waals surface area contributed by atoms with E-state index in [2.05, 4.69) is 0 Å². The van der Waals surface area contributed by atoms with Crippen molar-refractivity contribution in [2.24, 2.45) is 0 Å². The molecule has 1 fully saturated rings. The molecule has 120 valence electrons. The molecule has 1 aromatic carbocycles. The quantitative estimate of drug-likeness (QED) is 0.877. The summed E-state index contributed by atoms with van der Waals surface area (Å²) in [5.41, 5.74) is 0.495. The molecule has 1 aliphatic carbocycles. The molecule has 0 spiro atoms. The first-order valence-electron chi connectivity index (χ1n) is 7.70. The number of rotatable bonds is 6. The number of carboxylic acids is 1. The molecule has 1 aliphatic rings. The zero-order valence-corrected chi connectivity index (χ0v) is 13.2. The number of carboxylic acid groups (broad SMARTS) is 1. The summed E-state index contributed by atoms with van der Waals surface area (Å²) in [7, 11) is 1.77. The van der Waals surface area contributed by atoms with Crippen molar-refractivity contribution in [2.75, 3.05) is 13.7 Å². The topological polar surface area (TPSA) is 66.8 Å². The van der Waals surface area contributed by atoms with E-state index in [0.29, 0.717) is 13.2 Å². The van der Waals surface area contributed by atoms with Crippen LogP contribution in [0.1, 0.15) is 48.5 Å². The lowest BCUT2D eigenvalue weighted by atomic mass is 9.99. The lowest BCUT2D eigenvalue weighted by Gasteiger charge is -2.32. The van der Waals surface area contributed by atoms with E-state index >= 15 is 0 Å². The van der Waals surface area contributed by atoms with Crippen LogP contribution in [0.3, 0.4) is 0 Å². The fourth-order valence-electron chi connectivity index (χ4n) is 3.09. The number of nitrogens with zero attached hydrogens (tertiary/aromatic N) is 1. The summed E-state index contributed by atoms with van der Waals surface area (Å²) in [6.45, 7) is 2.90. The highest BCUT2D eigenvalue weighted by atomic mass is 16.5. The van der Waals surface area contributed by atoms with Gasteiger partial charge in [0.05, 0.1) is 5.56 Å². The average Bonchev–Trinajstić information content (AvgIpc) is 2.97. The third-order valence-electron chi connectivity index (χ3n) is 4.19. The summed E-state index contributed by atoms with van der Waals surface area (Å²) in [6, 6.07) is 6.61. The molecule has 5 heteroatoms. The lowest BCUT2D eigenvalue weighted by Crippen LogP contribution is -2.47. The molecular formula is C17H23NO4. The molecule has 0 bridgehead atoms. The zero-order valence-electron chi connectivity index (χ0n) is 13.2. The van der Waals surface area contributed by atoms with Crippen molar-refractivity contribution in [1.82, 2.24) is 4.90 Å². The van der Waals surface area contributed by atoms with Gasteiger partial charge in [-0.2, -0.15) is 0 Å². The van der Waals surface area contributed by atoms with Gasteiger partial charge in [-0.15, -0.1) is 0 Å². The minimum absolute atomic E-state index is 0.0224. The fraction of sp³-hybridized carbons (Fsp3) is 0.529. The second kappa shape index (κ2) is 6.92. The Hall–Kier alpha value is -1.88. The van der Waals surface area contributed by atoms with E-state index < -0.39 is 11.6 Å². The van der Waals surface area contributed by atoms with E-state index in [-0.39, 0.29) is 11.5 Å². The molecule has 0 atom stereocenters. The summed E-state index contributed by atoms with van der Waals surface area (Å²) in [6.07, 6.45) is 3.60. The van der Waals surface area contributed by atoms with Gasteiger partial charge < -0.3 is 14.7 Å². The Balaban J connectivity index is 2.05. The summed E-state index contributed by atoms with van der Waals surface area (Å²) < 4.78 is 5.79. The van der Waals surface area contributed by atoms with Crippen LogP contribution in [-0.4, -0.2) is 41.1 Å². The maximum absolute atomic E-state index is 12.7. The SMILES string of the molecule is CCOC1(C(=O)N(C)Cc2ccc(C(=O)O)cc2)CCCC1. The monoisotopic (exact) mass is 305 g/mol. The number of ether oxygens (including phenoxy) is 1. The highest BCUT2D eigenvalue weighted by Crippen LogP contribution is 2.35. The van der Waals surface area contributed by atoms with Gasteiger partial charge in [0.15, 0.2) is 0 Å². The molecule has 0 aliphatic heterocycles. The van der Waals surface area contributed by atoms with E-state index in [1.54, 1.807) is 36.2 Å². The van der Waals surface area contributed by atoms with Crippen LogP contribution < -0.4 is 0 Å². The van der Waals surface area contributed by atoms with Gasteiger partial charge in [-0.3, -0.25) is 4.79 Å². The Labute approximate surface area is 130 Å². The van der Waals surface area contributed by atoms with Crippen molar-refractivity contribution in [1.29, 1.82) is 0 Å². The second-order valence-corrected chi connectivity index (χ2v) is 5.80. The number of benzene rings is 1. The van der Waals surface area contributed by atoms with Crippen molar-refractivity contribution < 1.29 is 19.4 Å². The number of likely N-dealkylation sites (N-methyl/N-ethyl adjacent to an activating group) is 1. The third kappa shape index (κ3) is 3.47. The molecule has 1 amide bonds.